The van der Waals surface area contributed by atoms with E-state index in [2.05, 4.69) is 38.3 Å². The van der Waals surface area contributed by atoms with Gasteiger partial charge in [-0.1, -0.05) is 28.1 Å². The average Bonchev–Trinajstić information content (AvgIpc) is 2.71. The van der Waals surface area contributed by atoms with Gasteiger partial charge in [0.25, 0.3) is 0 Å². The van der Waals surface area contributed by atoms with Crippen molar-refractivity contribution in [1.82, 2.24) is 15.0 Å². The Morgan fingerprint density at radius 3 is 2.69 bits per heavy atom. The molecule has 3 nitrogen and oxygen atoms in total. The summed E-state index contributed by atoms with van der Waals surface area (Å²) in [4.78, 5) is 1.60. The van der Waals surface area contributed by atoms with Crippen LogP contribution in [-0.4, -0.2) is 15.0 Å². The molecule has 13 heavy (non-hydrogen) atoms. The fraction of sp³-hybridized carbons (Fsp3) is 0.111. The minimum absolute atomic E-state index is 0.849. The molecular formula is C9H8BrN3. The van der Waals surface area contributed by atoms with Crippen molar-refractivity contribution in [3.05, 3.63) is 42.2 Å². The van der Waals surface area contributed by atoms with Gasteiger partial charge in [-0.3, -0.25) is 0 Å². The van der Waals surface area contributed by atoms with E-state index in [0.29, 0.717) is 0 Å². The first-order chi connectivity index (χ1) is 6.40. The van der Waals surface area contributed by atoms with Gasteiger partial charge in [0.15, 0.2) is 0 Å². The van der Waals surface area contributed by atoms with Gasteiger partial charge < -0.3 is 0 Å². The highest BCUT2D eigenvalue weighted by Crippen LogP contribution is 2.10. The lowest BCUT2D eigenvalue weighted by molar-refractivity contribution is 0.751. The molecule has 0 saturated carbocycles. The molecule has 0 atom stereocenters. The SMILES string of the molecule is BrCc1cccc(-n2nccn2)c1. The summed E-state index contributed by atoms with van der Waals surface area (Å²) < 4.78 is 0. The predicted octanol–water partition coefficient (Wildman–Crippen LogP) is 2.16. The lowest BCUT2D eigenvalue weighted by Gasteiger charge is -2.00. The fourth-order valence-corrected chi connectivity index (χ4v) is 1.46. The van der Waals surface area contributed by atoms with Crippen LogP contribution in [0.3, 0.4) is 0 Å². The van der Waals surface area contributed by atoms with E-state index in [0.717, 1.165) is 11.0 Å². The second kappa shape index (κ2) is 3.70. The van der Waals surface area contributed by atoms with Crippen LogP contribution in [0.5, 0.6) is 0 Å². The monoisotopic (exact) mass is 237 g/mol. The second-order valence-corrected chi connectivity index (χ2v) is 3.18. The average molecular weight is 238 g/mol. The molecule has 1 aromatic carbocycles. The van der Waals surface area contributed by atoms with Crippen molar-refractivity contribution >= 4 is 15.9 Å². The van der Waals surface area contributed by atoms with E-state index >= 15 is 0 Å². The smallest absolute Gasteiger partial charge is 0.0859 e. The second-order valence-electron chi connectivity index (χ2n) is 2.62. The number of aromatic nitrogens is 3. The zero-order valence-corrected chi connectivity index (χ0v) is 8.48. The summed E-state index contributed by atoms with van der Waals surface area (Å²) in [6.07, 6.45) is 3.33. The molecule has 0 aliphatic carbocycles. The summed E-state index contributed by atoms with van der Waals surface area (Å²) in [5, 5.41) is 8.95. The number of benzene rings is 1. The van der Waals surface area contributed by atoms with Crippen LogP contribution in [0.25, 0.3) is 5.69 Å². The molecule has 4 heteroatoms. The highest BCUT2D eigenvalue weighted by atomic mass is 79.9. The Hall–Kier alpha value is -1.16. The molecule has 0 radical (unpaired) electrons. The molecule has 0 bridgehead atoms. The summed E-state index contributed by atoms with van der Waals surface area (Å²) in [6.45, 7) is 0. The summed E-state index contributed by atoms with van der Waals surface area (Å²) >= 11 is 3.40. The molecule has 0 aliphatic rings. The van der Waals surface area contributed by atoms with Gasteiger partial charge in [0, 0.05) is 5.33 Å². The van der Waals surface area contributed by atoms with E-state index in [1.165, 1.54) is 5.56 Å². The molecule has 1 heterocycles. The van der Waals surface area contributed by atoms with Crippen LogP contribution >= 0.6 is 15.9 Å². The fourth-order valence-electron chi connectivity index (χ4n) is 1.11. The minimum Gasteiger partial charge on any atom is -0.157 e. The first-order valence-electron chi connectivity index (χ1n) is 3.92. The number of nitrogens with zero attached hydrogens (tertiary/aromatic N) is 3. The van der Waals surface area contributed by atoms with E-state index in [1.807, 2.05) is 12.1 Å². The lowest BCUT2D eigenvalue weighted by Crippen LogP contribution is -1.98. The number of halogens is 1. The van der Waals surface area contributed by atoms with Crippen molar-refractivity contribution in [3.63, 3.8) is 0 Å². The molecule has 0 fully saturated rings. The Morgan fingerprint density at radius 1 is 1.23 bits per heavy atom. The minimum atomic E-state index is 0.849. The Balaban J connectivity index is 2.41. The quantitative estimate of drug-likeness (QED) is 0.750. The van der Waals surface area contributed by atoms with Gasteiger partial charge >= 0.3 is 0 Å². The number of rotatable bonds is 2. The number of alkyl halides is 1. The van der Waals surface area contributed by atoms with Crippen LogP contribution < -0.4 is 0 Å². The van der Waals surface area contributed by atoms with Crippen LogP contribution in [0.15, 0.2) is 36.7 Å². The van der Waals surface area contributed by atoms with Gasteiger partial charge in [0.05, 0.1) is 18.1 Å². The van der Waals surface area contributed by atoms with Crippen molar-refractivity contribution in [2.45, 2.75) is 5.33 Å². The standard InChI is InChI=1S/C9H8BrN3/c10-7-8-2-1-3-9(6-8)13-11-4-5-12-13/h1-6H,7H2. The molecule has 0 unspecified atom stereocenters. The molecule has 0 aliphatic heterocycles. The van der Waals surface area contributed by atoms with Gasteiger partial charge in [-0.05, 0) is 17.7 Å². The molecule has 66 valence electrons. The Kier molecular flexibility index (Phi) is 2.40. The molecule has 2 rings (SSSR count). The van der Waals surface area contributed by atoms with Crippen LogP contribution in [0.1, 0.15) is 5.56 Å². The van der Waals surface area contributed by atoms with E-state index in [1.54, 1.807) is 17.2 Å². The van der Waals surface area contributed by atoms with Crippen LogP contribution in [0.2, 0.25) is 0 Å². The summed E-state index contributed by atoms with van der Waals surface area (Å²) in [7, 11) is 0. The van der Waals surface area contributed by atoms with Crippen molar-refractivity contribution in [2.75, 3.05) is 0 Å². The van der Waals surface area contributed by atoms with E-state index < -0.39 is 0 Å². The van der Waals surface area contributed by atoms with E-state index in [4.69, 9.17) is 0 Å². The summed E-state index contributed by atoms with van der Waals surface area (Å²) in [5.74, 6) is 0. The predicted molar refractivity (Wildman–Crippen MR) is 54.0 cm³/mol. The first-order valence-corrected chi connectivity index (χ1v) is 5.04. The Labute approximate surface area is 84.5 Å². The molecule has 1 aromatic heterocycles. The number of hydrogen-bond donors (Lipinski definition) is 0. The first kappa shape index (κ1) is 8.44. The third kappa shape index (κ3) is 1.78. The maximum atomic E-state index is 4.05. The third-order valence-corrected chi connectivity index (χ3v) is 2.36. The van der Waals surface area contributed by atoms with Gasteiger partial charge in [-0.2, -0.15) is 15.0 Å². The van der Waals surface area contributed by atoms with Crippen molar-refractivity contribution in [1.29, 1.82) is 0 Å². The van der Waals surface area contributed by atoms with Crippen molar-refractivity contribution < 1.29 is 0 Å². The molecule has 2 aromatic rings. The largest absolute Gasteiger partial charge is 0.157 e. The zero-order valence-electron chi connectivity index (χ0n) is 6.89. The molecule has 0 saturated heterocycles. The van der Waals surface area contributed by atoms with Crippen molar-refractivity contribution in [2.24, 2.45) is 0 Å². The normalized spacial score (nSPS) is 10.2. The maximum Gasteiger partial charge on any atom is 0.0859 e. The molecule has 0 amide bonds. The van der Waals surface area contributed by atoms with Gasteiger partial charge in [0.1, 0.15) is 0 Å². The zero-order chi connectivity index (χ0) is 9.10. The Bertz CT molecular complexity index is 384. The van der Waals surface area contributed by atoms with Gasteiger partial charge in [-0.15, -0.1) is 0 Å². The summed E-state index contributed by atoms with van der Waals surface area (Å²) in [5.41, 5.74) is 2.21. The molecule has 0 N–H and O–H groups in total. The van der Waals surface area contributed by atoms with Crippen LogP contribution in [-0.2, 0) is 5.33 Å². The Morgan fingerprint density at radius 2 is 2.00 bits per heavy atom. The molecular weight excluding hydrogens is 230 g/mol. The molecule has 0 spiro atoms. The highest BCUT2D eigenvalue weighted by molar-refractivity contribution is 9.08. The van der Waals surface area contributed by atoms with Gasteiger partial charge in [-0.25, -0.2) is 0 Å². The number of hydrogen-bond acceptors (Lipinski definition) is 2. The van der Waals surface area contributed by atoms with Gasteiger partial charge in [0.2, 0.25) is 0 Å². The highest BCUT2D eigenvalue weighted by Gasteiger charge is 1.97. The van der Waals surface area contributed by atoms with Crippen LogP contribution in [0.4, 0.5) is 0 Å². The topological polar surface area (TPSA) is 30.7 Å². The van der Waals surface area contributed by atoms with Crippen LogP contribution in [0, 0.1) is 0 Å². The van der Waals surface area contributed by atoms with E-state index in [9.17, 15) is 0 Å². The third-order valence-electron chi connectivity index (χ3n) is 1.71. The van der Waals surface area contributed by atoms with Crippen molar-refractivity contribution in [3.8, 4) is 5.69 Å². The lowest BCUT2D eigenvalue weighted by atomic mass is 10.2. The maximum absolute atomic E-state index is 4.05. The summed E-state index contributed by atoms with van der Waals surface area (Å²) in [6, 6.07) is 8.08. The van der Waals surface area contributed by atoms with E-state index in [-0.39, 0.29) is 0 Å².